The van der Waals surface area contributed by atoms with Crippen LogP contribution in [0, 0.1) is 11.8 Å². The molecule has 1 saturated heterocycles. The predicted molar refractivity (Wildman–Crippen MR) is 228 cm³/mol. The first-order valence-electron chi connectivity index (χ1n) is 20.6. The summed E-state index contributed by atoms with van der Waals surface area (Å²) in [6.07, 6.45) is 1.99. The number of carbonyl (C=O) groups excluding carboxylic acids is 6. The summed E-state index contributed by atoms with van der Waals surface area (Å²) < 4.78 is 0. The molecule has 21 heteroatoms. The Hall–Kier alpha value is -6.15. The maximum absolute atomic E-state index is 14.3. The lowest BCUT2D eigenvalue weighted by molar-refractivity contribution is -0.143. The maximum Gasteiger partial charge on any atom is 0.326 e. The first-order chi connectivity index (χ1) is 28.7. The zero-order valence-electron chi connectivity index (χ0n) is 35.8. The van der Waals surface area contributed by atoms with Gasteiger partial charge in [-0.1, -0.05) is 46.2 Å². The van der Waals surface area contributed by atoms with Gasteiger partial charge >= 0.3 is 5.97 Å². The van der Waals surface area contributed by atoms with Crippen LogP contribution in [0.15, 0.2) is 34.3 Å². The Bertz CT molecular complexity index is 1710. The molecular weight excluding hydrogens is 793 g/mol. The van der Waals surface area contributed by atoms with Gasteiger partial charge in [-0.05, 0) is 74.5 Å². The van der Waals surface area contributed by atoms with Crippen molar-refractivity contribution < 1.29 is 43.8 Å². The number of carboxylic acid groups (broad SMARTS) is 1. The molecule has 1 aromatic carbocycles. The van der Waals surface area contributed by atoms with Gasteiger partial charge in [0.2, 0.25) is 35.4 Å². The Balaban J connectivity index is 2.42. The van der Waals surface area contributed by atoms with Gasteiger partial charge in [0.15, 0.2) is 11.9 Å². The minimum Gasteiger partial charge on any atom is -0.508 e. The van der Waals surface area contributed by atoms with Crippen LogP contribution >= 0.6 is 0 Å². The van der Waals surface area contributed by atoms with Gasteiger partial charge in [0.1, 0.15) is 42.0 Å². The molecule has 0 aliphatic carbocycles. The van der Waals surface area contributed by atoms with E-state index in [4.69, 9.17) is 22.9 Å². The number of aromatic hydroxyl groups is 1. The number of benzene rings is 1. The molecule has 0 saturated carbocycles. The second-order valence-corrected chi connectivity index (χ2v) is 15.7. The zero-order chi connectivity index (χ0) is 45.8. The lowest BCUT2D eigenvalue weighted by Crippen LogP contribution is -2.60. The molecule has 0 spiro atoms. The van der Waals surface area contributed by atoms with Crippen LogP contribution in [0.4, 0.5) is 0 Å². The summed E-state index contributed by atoms with van der Waals surface area (Å²) in [5.74, 6) is -5.82. The van der Waals surface area contributed by atoms with Gasteiger partial charge in [0.05, 0.1) is 0 Å². The van der Waals surface area contributed by atoms with Crippen LogP contribution in [0.1, 0.15) is 91.5 Å². The molecule has 21 nitrogen and oxygen atoms in total. The Kier molecular flexibility index (Phi) is 21.3. The average Bonchev–Trinajstić information content (AvgIpc) is 3.68. The number of phenols is 1. The molecule has 7 unspecified atom stereocenters. The quantitative estimate of drug-likeness (QED) is 0.0308. The van der Waals surface area contributed by atoms with Crippen LogP contribution in [-0.4, -0.2) is 124 Å². The van der Waals surface area contributed by atoms with E-state index in [2.05, 4.69) is 36.6 Å². The van der Waals surface area contributed by atoms with E-state index >= 15 is 0 Å². The van der Waals surface area contributed by atoms with Gasteiger partial charge in [-0.3, -0.25) is 38.8 Å². The van der Waals surface area contributed by atoms with Crippen molar-refractivity contribution in [2.75, 3.05) is 19.6 Å². The number of hydrogen-bond donors (Lipinski definition) is 11. The van der Waals surface area contributed by atoms with Crippen LogP contribution in [0.3, 0.4) is 0 Å². The van der Waals surface area contributed by atoms with Gasteiger partial charge in [-0.25, -0.2) is 4.79 Å². The number of nitrogens with two attached hydrogens (primary N) is 4. The Morgan fingerprint density at radius 2 is 1.33 bits per heavy atom. The Morgan fingerprint density at radius 1 is 0.770 bits per heavy atom. The summed E-state index contributed by atoms with van der Waals surface area (Å²) in [7, 11) is 0. The topological polar surface area (TPSA) is 352 Å². The minimum absolute atomic E-state index is 0.0222. The third-order valence-corrected chi connectivity index (χ3v) is 10.2. The second kappa shape index (κ2) is 25.5. The number of aliphatic carboxylic acids is 1. The molecule has 0 aromatic heterocycles. The third-order valence-electron chi connectivity index (χ3n) is 10.2. The summed E-state index contributed by atoms with van der Waals surface area (Å²) in [4.78, 5) is 103. The number of likely N-dealkylation sites (tertiary alicyclic amines) is 1. The van der Waals surface area contributed by atoms with Crippen LogP contribution in [0.5, 0.6) is 5.75 Å². The number of aliphatic imine (C=N–C) groups is 2. The lowest BCUT2D eigenvalue weighted by atomic mass is 9.96. The number of nitrogens with one attached hydrogen (secondary N) is 5. The molecular formula is C40H66N12O9. The molecule has 340 valence electrons. The van der Waals surface area contributed by atoms with E-state index < -0.39 is 83.6 Å². The molecule has 2 rings (SSSR count). The Morgan fingerprint density at radius 3 is 1.85 bits per heavy atom. The Labute approximate surface area is 356 Å². The smallest absolute Gasteiger partial charge is 0.326 e. The van der Waals surface area contributed by atoms with E-state index in [1.165, 1.54) is 24.0 Å². The predicted octanol–water partition coefficient (Wildman–Crippen LogP) is -1.35. The first-order valence-corrected chi connectivity index (χ1v) is 20.6. The highest BCUT2D eigenvalue weighted by Crippen LogP contribution is 2.21. The van der Waals surface area contributed by atoms with Crippen molar-refractivity contribution in [3.05, 3.63) is 29.8 Å². The van der Waals surface area contributed by atoms with Crippen molar-refractivity contribution in [2.24, 2.45) is 44.8 Å². The summed E-state index contributed by atoms with van der Waals surface area (Å²) in [5, 5.41) is 33.0. The SMILES string of the molecule is CCC(C)C(NC(=O)C(Cc1ccc(O)cc1)NC(=O)C1CCCN1C(=O)C(CCCN=C(N)N)NC(=O)C(CCCN=C(N)N)NC(C)=O)C(=O)NC(CC(C)C)C(=O)O. The second-order valence-electron chi connectivity index (χ2n) is 15.7. The number of carbonyl (C=O) groups is 7. The fraction of sp³-hybridized carbons (Fsp3) is 0.625. The number of guanidine groups is 2. The number of nitrogens with zero attached hydrogens (tertiary/aromatic N) is 3. The van der Waals surface area contributed by atoms with Crippen LogP contribution in [-0.2, 0) is 40.0 Å². The van der Waals surface area contributed by atoms with Crippen LogP contribution in [0.25, 0.3) is 0 Å². The molecule has 1 aromatic rings. The molecule has 6 amide bonds. The van der Waals surface area contributed by atoms with Gasteiger partial charge in [0.25, 0.3) is 0 Å². The number of amides is 6. The van der Waals surface area contributed by atoms with Gasteiger partial charge in [-0.15, -0.1) is 0 Å². The molecule has 1 fully saturated rings. The van der Waals surface area contributed by atoms with E-state index in [9.17, 15) is 43.8 Å². The number of hydrogen-bond acceptors (Lipinski definition) is 10. The van der Waals surface area contributed by atoms with E-state index in [0.29, 0.717) is 24.8 Å². The number of rotatable bonds is 25. The normalized spacial score (nSPS) is 16.4. The van der Waals surface area contributed by atoms with Crippen LogP contribution < -0.4 is 49.5 Å². The monoisotopic (exact) mass is 859 g/mol. The fourth-order valence-electron chi connectivity index (χ4n) is 6.81. The largest absolute Gasteiger partial charge is 0.508 e. The number of phenolic OH excluding ortho intramolecular Hbond substituents is 1. The number of carboxylic acids is 1. The van der Waals surface area contributed by atoms with Crippen molar-refractivity contribution in [1.29, 1.82) is 0 Å². The highest BCUT2D eigenvalue weighted by molar-refractivity contribution is 5.97. The van der Waals surface area contributed by atoms with E-state index in [1.807, 2.05) is 20.8 Å². The lowest BCUT2D eigenvalue weighted by Gasteiger charge is -2.31. The van der Waals surface area contributed by atoms with Gasteiger partial charge in [0, 0.05) is 33.0 Å². The molecule has 1 aliphatic rings. The highest BCUT2D eigenvalue weighted by Gasteiger charge is 2.40. The third kappa shape index (κ3) is 17.9. The summed E-state index contributed by atoms with van der Waals surface area (Å²) >= 11 is 0. The van der Waals surface area contributed by atoms with E-state index in [1.54, 1.807) is 19.1 Å². The van der Waals surface area contributed by atoms with Crippen molar-refractivity contribution in [2.45, 2.75) is 129 Å². The molecule has 61 heavy (non-hydrogen) atoms. The maximum atomic E-state index is 14.3. The van der Waals surface area contributed by atoms with Crippen molar-refractivity contribution in [1.82, 2.24) is 31.5 Å². The summed E-state index contributed by atoms with van der Waals surface area (Å²) in [6, 6.07) is -0.931. The highest BCUT2D eigenvalue weighted by atomic mass is 16.4. The summed E-state index contributed by atoms with van der Waals surface area (Å²) in [6.45, 7) is 8.91. The van der Waals surface area contributed by atoms with Crippen molar-refractivity contribution >= 4 is 53.3 Å². The summed E-state index contributed by atoms with van der Waals surface area (Å²) in [5.41, 5.74) is 22.3. The van der Waals surface area contributed by atoms with Crippen molar-refractivity contribution in [3.8, 4) is 5.75 Å². The molecule has 0 radical (unpaired) electrons. The van der Waals surface area contributed by atoms with Crippen molar-refractivity contribution in [3.63, 3.8) is 0 Å². The van der Waals surface area contributed by atoms with Crippen LogP contribution in [0.2, 0.25) is 0 Å². The van der Waals surface area contributed by atoms with Gasteiger partial charge < -0.3 is 64.6 Å². The fourth-order valence-corrected chi connectivity index (χ4v) is 6.81. The minimum atomic E-state index is -1.28. The molecule has 0 bridgehead atoms. The first kappa shape index (κ1) is 51.0. The van der Waals surface area contributed by atoms with E-state index in [0.717, 1.165) is 0 Å². The average molecular weight is 859 g/mol. The molecule has 1 heterocycles. The standard InChI is InChI=1S/C40H66N12O9/c1-6-23(4)32(36(58)50-30(38(60)61)20-22(2)3)51-34(56)29(21-25-13-15-26(54)16-14-25)49-35(57)31-12-9-19-52(31)37(59)28(11-8-18-46-40(43)44)48-33(55)27(47-24(5)53)10-7-17-45-39(41)42/h13-16,22-23,27-32,54H,6-12,17-21H2,1-5H3,(H,47,53)(H,48,55)(H,49,57)(H,50,58)(H,51,56)(H,60,61)(H4,41,42,45)(H4,43,44,46). The van der Waals surface area contributed by atoms with Gasteiger partial charge in [-0.2, -0.15) is 0 Å². The van der Waals surface area contributed by atoms with E-state index in [-0.39, 0.29) is 81.7 Å². The molecule has 15 N–H and O–H groups in total. The molecule has 7 atom stereocenters. The zero-order valence-corrected chi connectivity index (χ0v) is 35.8. The molecule has 1 aliphatic heterocycles.